The molecule has 2 N–H and O–H groups in total. The van der Waals surface area contributed by atoms with Crippen LogP contribution >= 0.6 is 0 Å². The van der Waals surface area contributed by atoms with Crippen molar-refractivity contribution in [3.05, 3.63) is 59.7 Å². The third kappa shape index (κ3) is 3.01. The average Bonchev–Trinajstić information content (AvgIpc) is 2.38. The Kier molecular flexibility index (Phi) is 3.67. The predicted octanol–water partition coefficient (Wildman–Crippen LogP) is 2.26. The molecule has 0 aliphatic heterocycles. The van der Waals surface area contributed by atoms with E-state index in [4.69, 9.17) is 10.5 Å². The minimum Gasteiger partial charge on any atom is -0.487 e. The Morgan fingerprint density at radius 3 is 2.82 bits per heavy atom. The lowest BCUT2D eigenvalue weighted by Gasteiger charge is -2.07. The fraction of sp³-hybridized carbons (Fsp3) is 0.154. The summed E-state index contributed by atoms with van der Waals surface area (Å²) in [5, 5.41) is 0. The zero-order valence-corrected chi connectivity index (χ0v) is 9.27. The molecule has 0 aliphatic rings. The van der Waals surface area contributed by atoms with E-state index in [2.05, 4.69) is 4.98 Å². The molecule has 0 aliphatic carbocycles. The molecule has 1 aromatic carbocycles. The highest BCUT2D eigenvalue weighted by atomic mass is 19.1. The van der Waals surface area contributed by atoms with Gasteiger partial charge in [0.05, 0.1) is 6.20 Å². The van der Waals surface area contributed by atoms with Crippen LogP contribution in [0.2, 0.25) is 0 Å². The van der Waals surface area contributed by atoms with E-state index in [9.17, 15) is 4.39 Å². The summed E-state index contributed by atoms with van der Waals surface area (Å²) >= 11 is 0. The minimum absolute atomic E-state index is 0.183. The van der Waals surface area contributed by atoms with E-state index in [1.54, 1.807) is 36.7 Å². The summed E-state index contributed by atoms with van der Waals surface area (Å²) in [6.45, 7) is 0.517. The number of hydrogen-bond donors (Lipinski definition) is 1. The largest absolute Gasteiger partial charge is 0.487 e. The Labute approximate surface area is 99.1 Å². The van der Waals surface area contributed by atoms with Crippen LogP contribution in [-0.4, -0.2) is 4.98 Å². The van der Waals surface area contributed by atoms with Gasteiger partial charge in [-0.2, -0.15) is 0 Å². The fourth-order valence-corrected chi connectivity index (χ4v) is 1.43. The second-order valence-electron chi connectivity index (χ2n) is 3.61. The summed E-state index contributed by atoms with van der Waals surface area (Å²) in [6.07, 6.45) is 3.25. The van der Waals surface area contributed by atoms with Crippen molar-refractivity contribution in [1.82, 2.24) is 4.98 Å². The zero-order chi connectivity index (χ0) is 12.1. The van der Waals surface area contributed by atoms with E-state index < -0.39 is 0 Å². The minimum atomic E-state index is -0.295. The molecule has 1 heterocycles. The van der Waals surface area contributed by atoms with Crippen molar-refractivity contribution < 1.29 is 9.13 Å². The SMILES string of the molecule is NCc1ccc(COc2cccnc2)c(F)c1. The molecular weight excluding hydrogens is 219 g/mol. The predicted molar refractivity (Wildman–Crippen MR) is 62.9 cm³/mol. The van der Waals surface area contributed by atoms with E-state index in [1.807, 2.05) is 0 Å². The van der Waals surface area contributed by atoms with Crippen LogP contribution in [-0.2, 0) is 13.2 Å². The first-order valence-electron chi connectivity index (χ1n) is 5.30. The standard InChI is InChI=1S/C13H13FN2O/c14-13-6-10(7-15)3-4-11(13)9-17-12-2-1-5-16-8-12/h1-6,8H,7,9,15H2. The zero-order valence-electron chi connectivity index (χ0n) is 9.27. The van der Waals surface area contributed by atoms with Crippen molar-refractivity contribution in [2.24, 2.45) is 5.73 Å². The summed E-state index contributed by atoms with van der Waals surface area (Å²) < 4.78 is 19.0. The Balaban J connectivity index is 2.04. The van der Waals surface area contributed by atoms with Gasteiger partial charge >= 0.3 is 0 Å². The van der Waals surface area contributed by atoms with Gasteiger partial charge in [0, 0.05) is 18.3 Å². The quantitative estimate of drug-likeness (QED) is 0.879. The maximum Gasteiger partial charge on any atom is 0.138 e. The van der Waals surface area contributed by atoms with Gasteiger partial charge in [0.1, 0.15) is 18.2 Å². The molecule has 0 radical (unpaired) electrons. The summed E-state index contributed by atoms with van der Waals surface area (Å²) in [7, 11) is 0. The van der Waals surface area contributed by atoms with Gasteiger partial charge in [-0.15, -0.1) is 0 Å². The lowest BCUT2D eigenvalue weighted by molar-refractivity contribution is 0.298. The third-order valence-corrected chi connectivity index (χ3v) is 2.38. The summed E-state index contributed by atoms with van der Waals surface area (Å²) in [4.78, 5) is 3.91. The Morgan fingerprint density at radius 2 is 2.18 bits per heavy atom. The smallest absolute Gasteiger partial charge is 0.138 e. The van der Waals surface area contributed by atoms with E-state index in [1.165, 1.54) is 6.07 Å². The lowest BCUT2D eigenvalue weighted by atomic mass is 10.1. The molecule has 0 saturated heterocycles. The average molecular weight is 232 g/mol. The highest BCUT2D eigenvalue weighted by Crippen LogP contribution is 2.14. The van der Waals surface area contributed by atoms with Crippen LogP contribution in [0.1, 0.15) is 11.1 Å². The van der Waals surface area contributed by atoms with E-state index in [0.29, 0.717) is 17.9 Å². The van der Waals surface area contributed by atoms with Crippen LogP contribution in [0.25, 0.3) is 0 Å². The lowest BCUT2D eigenvalue weighted by Crippen LogP contribution is -2.02. The molecule has 0 spiro atoms. The van der Waals surface area contributed by atoms with Gasteiger partial charge in [0.2, 0.25) is 0 Å². The number of rotatable bonds is 4. The molecule has 17 heavy (non-hydrogen) atoms. The van der Waals surface area contributed by atoms with Gasteiger partial charge in [-0.25, -0.2) is 4.39 Å². The Hall–Kier alpha value is -1.94. The second kappa shape index (κ2) is 5.41. The molecule has 0 unspecified atom stereocenters. The van der Waals surface area contributed by atoms with Crippen LogP contribution in [0.3, 0.4) is 0 Å². The number of ether oxygens (including phenoxy) is 1. The van der Waals surface area contributed by atoms with Gasteiger partial charge < -0.3 is 10.5 Å². The van der Waals surface area contributed by atoms with Crippen LogP contribution in [0.15, 0.2) is 42.7 Å². The van der Waals surface area contributed by atoms with E-state index in [0.717, 1.165) is 5.56 Å². The van der Waals surface area contributed by atoms with Gasteiger partial charge in [0.25, 0.3) is 0 Å². The van der Waals surface area contributed by atoms with Crippen molar-refractivity contribution in [2.45, 2.75) is 13.2 Å². The molecule has 2 rings (SSSR count). The van der Waals surface area contributed by atoms with Gasteiger partial charge in [-0.1, -0.05) is 12.1 Å². The molecule has 88 valence electrons. The molecule has 2 aromatic rings. The molecule has 3 nitrogen and oxygen atoms in total. The van der Waals surface area contributed by atoms with Gasteiger partial charge in [-0.3, -0.25) is 4.98 Å². The number of aromatic nitrogens is 1. The van der Waals surface area contributed by atoms with Gasteiger partial charge in [0.15, 0.2) is 0 Å². The molecule has 4 heteroatoms. The number of nitrogens with two attached hydrogens (primary N) is 1. The third-order valence-electron chi connectivity index (χ3n) is 2.38. The first-order valence-corrected chi connectivity index (χ1v) is 5.30. The second-order valence-corrected chi connectivity index (χ2v) is 3.61. The summed E-state index contributed by atoms with van der Waals surface area (Å²) in [5.41, 5.74) is 6.70. The number of benzene rings is 1. The number of halogens is 1. The highest BCUT2D eigenvalue weighted by molar-refractivity contribution is 5.25. The maximum atomic E-state index is 13.6. The molecule has 0 fully saturated rings. The summed E-state index contributed by atoms with van der Waals surface area (Å²) in [5.74, 6) is 0.326. The normalized spacial score (nSPS) is 10.2. The first-order chi connectivity index (χ1) is 8.29. The van der Waals surface area contributed by atoms with Crippen LogP contribution < -0.4 is 10.5 Å². The van der Waals surface area contributed by atoms with Crippen LogP contribution in [0.5, 0.6) is 5.75 Å². The maximum absolute atomic E-state index is 13.6. The highest BCUT2D eigenvalue weighted by Gasteiger charge is 2.04. The van der Waals surface area contributed by atoms with E-state index >= 15 is 0 Å². The number of hydrogen-bond acceptors (Lipinski definition) is 3. The van der Waals surface area contributed by atoms with Gasteiger partial charge in [-0.05, 0) is 23.8 Å². The van der Waals surface area contributed by atoms with Crippen molar-refractivity contribution >= 4 is 0 Å². The van der Waals surface area contributed by atoms with Crippen molar-refractivity contribution in [1.29, 1.82) is 0 Å². The van der Waals surface area contributed by atoms with Crippen molar-refractivity contribution in [3.63, 3.8) is 0 Å². The number of nitrogens with zero attached hydrogens (tertiary/aromatic N) is 1. The van der Waals surface area contributed by atoms with Crippen molar-refractivity contribution in [2.75, 3.05) is 0 Å². The Bertz CT molecular complexity index is 488. The topological polar surface area (TPSA) is 48.1 Å². The molecule has 0 saturated carbocycles. The number of pyridine rings is 1. The van der Waals surface area contributed by atoms with Crippen molar-refractivity contribution in [3.8, 4) is 5.75 Å². The molecule has 1 aromatic heterocycles. The Morgan fingerprint density at radius 1 is 1.29 bits per heavy atom. The molecule has 0 amide bonds. The molecule has 0 atom stereocenters. The van der Waals surface area contributed by atoms with Crippen LogP contribution in [0.4, 0.5) is 4.39 Å². The first kappa shape index (κ1) is 11.5. The fourth-order valence-electron chi connectivity index (χ4n) is 1.43. The van der Waals surface area contributed by atoms with Crippen LogP contribution in [0, 0.1) is 5.82 Å². The van der Waals surface area contributed by atoms with E-state index in [-0.39, 0.29) is 12.4 Å². The summed E-state index contributed by atoms with van der Waals surface area (Å²) in [6, 6.07) is 8.46. The molecular formula is C13H13FN2O. The molecule has 0 bridgehead atoms. The monoisotopic (exact) mass is 232 g/mol.